The van der Waals surface area contributed by atoms with Crippen molar-refractivity contribution in [1.29, 1.82) is 0 Å². The van der Waals surface area contributed by atoms with Crippen molar-refractivity contribution in [2.45, 2.75) is 6.54 Å². The van der Waals surface area contributed by atoms with Crippen LogP contribution in [-0.2, 0) is 6.54 Å². The number of anilines is 1. The second kappa shape index (κ2) is 7.25. The number of aromatic nitrogens is 2. The van der Waals surface area contributed by atoms with Gasteiger partial charge in [0.25, 0.3) is 0 Å². The van der Waals surface area contributed by atoms with Gasteiger partial charge >= 0.3 is 0 Å². The Labute approximate surface area is 147 Å². The van der Waals surface area contributed by atoms with Gasteiger partial charge in [-0.2, -0.15) is 0 Å². The highest BCUT2D eigenvalue weighted by atomic mass is 16.5. The van der Waals surface area contributed by atoms with Crippen molar-refractivity contribution >= 4 is 16.7 Å². The molecule has 0 aliphatic heterocycles. The molecule has 0 atom stereocenters. The summed E-state index contributed by atoms with van der Waals surface area (Å²) in [6.45, 7) is 0.713. The Hall–Kier alpha value is -3.02. The highest BCUT2D eigenvalue weighted by molar-refractivity contribution is 5.91. The summed E-state index contributed by atoms with van der Waals surface area (Å²) in [5, 5.41) is 0.913. The number of ether oxygens (including phenoxy) is 3. The van der Waals surface area contributed by atoms with E-state index in [1.54, 1.807) is 27.7 Å². The largest absolute Gasteiger partial charge is 0.497 e. The van der Waals surface area contributed by atoms with E-state index in [1.807, 2.05) is 43.4 Å². The molecule has 1 heterocycles. The topological polar surface area (TPSA) is 56.7 Å². The standard InChI is InChI=1S/C19H21N3O3/c1-22(11-13-5-7-14(23-2)8-6-13)19-15-9-17(24-3)18(25-4)10-16(15)20-12-21-19/h5-10,12H,11H2,1-4H3. The Kier molecular flexibility index (Phi) is 4.88. The third-order valence-electron chi connectivity index (χ3n) is 4.06. The summed E-state index contributed by atoms with van der Waals surface area (Å²) >= 11 is 0. The summed E-state index contributed by atoms with van der Waals surface area (Å²) in [5.74, 6) is 2.99. The van der Waals surface area contributed by atoms with Crippen molar-refractivity contribution in [3.8, 4) is 17.2 Å². The van der Waals surface area contributed by atoms with Gasteiger partial charge in [-0.05, 0) is 23.8 Å². The Morgan fingerprint density at radius 2 is 1.56 bits per heavy atom. The number of benzene rings is 2. The smallest absolute Gasteiger partial charge is 0.162 e. The van der Waals surface area contributed by atoms with Gasteiger partial charge in [0, 0.05) is 25.0 Å². The van der Waals surface area contributed by atoms with Crippen LogP contribution in [-0.4, -0.2) is 38.3 Å². The molecule has 0 saturated heterocycles. The lowest BCUT2D eigenvalue weighted by Gasteiger charge is -2.20. The van der Waals surface area contributed by atoms with Crippen molar-refractivity contribution < 1.29 is 14.2 Å². The first-order valence-electron chi connectivity index (χ1n) is 7.87. The van der Waals surface area contributed by atoms with Crippen molar-refractivity contribution in [3.05, 3.63) is 48.3 Å². The SMILES string of the molecule is COc1ccc(CN(C)c2ncnc3cc(OC)c(OC)cc23)cc1. The zero-order valence-electron chi connectivity index (χ0n) is 14.8. The van der Waals surface area contributed by atoms with E-state index in [9.17, 15) is 0 Å². The van der Waals surface area contributed by atoms with E-state index in [-0.39, 0.29) is 0 Å². The quantitative estimate of drug-likeness (QED) is 0.687. The van der Waals surface area contributed by atoms with Gasteiger partial charge in [-0.25, -0.2) is 9.97 Å². The molecule has 0 aliphatic carbocycles. The van der Waals surface area contributed by atoms with E-state index in [0.717, 1.165) is 28.0 Å². The van der Waals surface area contributed by atoms with Crippen molar-refractivity contribution in [3.63, 3.8) is 0 Å². The first-order chi connectivity index (χ1) is 12.2. The van der Waals surface area contributed by atoms with Crippen LogP contribution in [0.15, 0.2) is 42.7 Å². The number of nitrogens with zero attached hydrogens (tertiary/aromatic N) is 3. The molecule has 0 N–H and O–H groups in total. The Morgan fingerprint density at radius 3 is 2.20 bits per heavy atom. The van der Waals surface area contributed by atoms with Crippen LogP contribution in [0.25, 0.3) is 10.9 Å². The van der Waals surface area contributed by atoms with Gasteiger partial charge in [0.1, 0.15) is 17.9 Å². The van der Waals surface area contributed by atoms with Gasteiger partial charge in [-0.3, -0.25) is 0 Å². The van der Waals surface area contributed by atoms with Crippen molar-refractivity contribution in [2.75, 3.05) is 33.3 Å². The summed E-state index contributed by atoms with van der Waals surface area (Å²) in [5.41, 5.74) is 1.97. The summed E-state index contributed by atoms with van der Waals surface area (Å²) in [7, 11) is 6.90. The molecule has 6 nitrogen and oxygen atoms in total. The normalized spacial score (nSPS) is 10.6. The predicted molar refractivity (Wildman–Crippen MR) is 97.7 cm³/mol. The van der Waals surface area contributed by atoms with E-state index in [0.29, 0.717) is 18.0 Å². The molecule has 0 amide bonds. The molecule has 130 valence electrons. The molecule has 0 radical (unpaired) electrons. The molecule has 0 fully saturated rings. The number of methoxy groups -OCH3 is 3. The fourth-order valence-corrected chi connectivity index (χ4v) is 2.75. The van der Waals surface area contributed by atoms with Crippen molar-refractivity contribution in [2.24, 2.45) is 0 Å². The summed E-state index contributed by atoms with van der Waals surface area (Å²) in [6.07, 6.45) is 1.56. The number of rotatable bonds is 6. The second-order valence-corrected chi connectivity index (χ2v) is 5.63. The molecule has 1 aromatic heterocycles. The lowest BCUT2D eigenvalue weighted by atomic mass is 10.1. The van der Waals surface area contributed by atoms with Gasteiger partial charge in [0.15, 0.2) is 11.5 Å². The lowest BCUT2D eigenvalue weighted by molar-refractivity contribution is 0.356. The zero-order chi connectivity index (χ0) is 17.8. The molecule has 6 heteroatoms. The fraction of sp³-hybridized carbons (Fsp3) is 0.263. The van der Waals surface area contributed by atoms with Gasteiger partial charge in [-0.1, -0.05) is 12.1 Å². The average Bonchev–Trinajstić information content (AvgIpc) is 2.66. The van der Waals surface area contributed by atoms with Crippen LogP contribution < -0.4 is 19.1 Å². The Balaban J connectivity index is 1.95. The highest BCUT2D eigenvalue weighted by Gasteiger charge is 2.13. The summed E-state index contributed by atoms with van der Waals surface area (Å²) in [4.78, 5) is 10.9. The van der Waals surface area contributed by atoms with Gasteiger partial charge in [0.2, 0.25) is 0 Å². The maximum absolute atomic E-state index is 5.41. The minimum Gasteiger partial charge on any atom is -0.497 e. The zero-order valence-corrected chi connectivity index (χ0v) is 14.8. The Morgan fingerprint density at radius 1 is 0.880 bits per heavy atom. The molecule has 2 aromatic carbocycles. The maximum Gasteiger partial charge on any atom is 0.162 e. The van der Waals surface area contributed by atoms with Crippen molar-refractivity contribution in [1.82, 2.24) is 9.97 Å². The molecule has 0 saturated carbocycles. The molecular formula is C19H21N3O3. The predicted octanol–water partition coefficient (Wildman–Crippen LogP) is 3.29. The van der Waals surface area contributed by atoms with Crippen LogP contribution in [0.3, 0.4) is 0 Å². The average molecular weight is 339 g/mol. The molecule has 0 unspecified atom stereocenters. The summed E-state index contributed by atoms with van der Waals surface area (Å²) < 4.78 is 16.0. The van der Waals surface area contributed by atoms with E-state index in [1.165, 1.54) is 0 Å². The molecule has 3 rings (SSSR count). The van der Waals surface area contributed by atoms with E-state index in [2.05, 4.69) is 14.9 Å². The van der Waals surface area contributed by atoms with Crippen LogP contribution >= 0.6 is 0 Å². The van der Waals surface area contributed by atoms with E-state index >= 15 is 0 Å². The lowest BCUT2D eigenvalue weighted by Crippen LogP contribution is -2.18. The van der Waals surface area contributed by atoms with E-state index in [4.69, 9.17) is 14.2 Å². The molecule has 25 heavy (non-hydrogen) atoms. The number of hydrogen-bond donors (Lipinski definition) is 0. The third kappa shape index (κ3) is 3.42. The molecule has 3 aromatic rings. The second-order valence-electron chi connectivity index (χ2n) is 5.63. The van der Waals surface area contributed by atoms with Crippen LogP contribution in [0.1, 0.15) is 5.56 Å². The Bertz CT molecular complexity index is 866. The van der Waals surface area contributed by atoms with Crippen LogP contribution in [0.2, 0.25) is 0 Å². The van der Waals surface area contributed by atoms with Crippen LogP contribution in [0, 0.1) is 0 Å². The molecule has 0 bridgehead atoms. The first kappa shape index (κ1) is 16.8. The van der Waals surface area contributed by atoms with Gasteiger partial charge in [-0.15, -0.1) is 0 Å². The van der Waals surface area contributed by atoms with E-state index < -0.39 is 0 Å². The maximum atomic E-state index is 5.41. The highest BCUT2D eigenvalue weighted by Crippen LogP contribution is 2.34. The third-order valence-corrected chi connectivity index (χ3v) is 4.06. The minimum atomic E-state index is 0.650. The monoisotopic (exact) mass is 339 g/mol. The fourth-order valence-electron chi connectivity index (χ4n) is 2.75. The first-order valence-corrected chi connectivity index (χ1v) is 7.87. The number of hydrogen-bond acceptors (Lipinski definition) is 6. The molecular weight excluding hydrogens is 318 g/mol. The minimum absolute atomic E-state index is 0.650. The molecule has 0 spiro atoms. The summed E-state index contributed by atoms with van der Waals surface area (Å²) in [6, 6.07) is 11.8. The number of fused-ring (bicyclic) bond motifs is 1. The van der Waals surface area contributed by atoms with Gasteiger partial charge < -0.3 is 19.1 Å². The van der Waals surface area contributed by atoms with Crippen LogP contribution in [0.5, 0.6) is 17.2 Å². The molecule has 0 aliphatic rings. The van der Waals surface area contributed by atoms with Crippen LogP contribution in [0.4, 0.5) is 5.82 Å². The van der Waals surface area contributed by atoms with Gasteiger partial charge in [0.05, 0.1) is 26.8 Å².